The zero-order chi connectivity index (χ0) is 7.61. The van der Waals surface area contributed by atoms with Crippen LogP contribution in [0.2, 0.25) is 0 Å². The molecule has 0 aliphatic carbocycles. The number of allylic oxidation sites excluding steroid dienone is 2. The number of hydrogen-bond donors (Lipinski definition) is 1. The van der Waals surface area contributed by atoms with Gasteiger partial charge in [0.25, 0.3) is 5.00 Å². The molecule has 0 fully saturated rings. The van der Waals surface area contributed by atoms with Crippen LogP contribution in [0.25, 0.3) is 0 Å². The first-order valence-electron chi connectivity index (χ1n) is 2.60. The Labute approximate surface area is 62.6 Å². The molecule has 1 heterocycles. The van der Waals surface area contributed by atoms with Crippen molar-refractivity contribution in [3.8, 4) is 6.07 Å². The molecule has 1 atom stereocenters. The molecule has 1 aliphatic heterocycles. The number of halogens is 2. The molecule has 0 saturated carbocycles. The lowest BCUT2D eigenvalue weighted by Gasteiger charge is -2.19. The molecule has 10 heavy (non-hydrogen) atoms. The Hall–Kier alpha value is -1.01. The molecule has 1 N–H and O–H groups in total. The van der Waals surface area contributed by atoms with Crippen LogP contribution < -0.4 is 5.32 Å². The number of nitrogens with one attached hydrogen (secondary N) is 1. The Kier molecular flexibility index (Phi) is 1.64. The Morgan fingerprint density at radius 2 is 2.50 bits per heavy atom. The second-order valence-corrected chi connectivity index (χ2v) is 2.36. The maximum absolute atomic E-state index is 12.6. The van der Waals surface area contributed by atoms with Crippen LogP contribution in [0.5, 0.6) is 0 Å². The number of nitriles is 1. The van der Waals surface area contributed by atoms with Crippen molar-refractivity contribution in [3.63, 3.8) is 0 Å². The average Bonchev–Trinajstić information content (AvgIpc) is 1.96. The van der Waals surface area contributed by atoms with Crippen molar-refractivity contribution in [3.05, 3.63) is 24.2 Å². The Balaban J connectivity index is 2.95. The van der Waals surface area contributed by atoms with E-state index in [9.17, 15) is 4.39 Å². The fraction of sp³-hybridized carbons (Fsp3) is 0.167. The summed E-state index contributed by atoms with van der Waals surface area (Å²) >= 11 is 5.44. The molecule has 0 amide bonds. The molecule has 0 radical (unpaired) electrons. The van der Waals surface area contributed by atoms with E-state index in [1.165, 1.54) is 12.3 Å². The SMILES string of the molecule is N#CC1(Cl)NC=CC=C1F. The molecule has 0 saturated heterocycles. The summed E-state index contributed by atoms with van der Waals surface area (Å²) in [5, 5.41) is 10.7. The van der Waals surface area contributed by atoms with Crippen LogP contribution in [0.1, 0.15) is 0 Å². The molecule has 1 aliphatic rings. The van der Waals surface area contributed by atoms with E-state index in [0.717, 1.165) is 6.08 Å². The summed E-state index contributed by atoms with van der Waals surface area (Å²) in [6.45, 7) is 0. The first kappa shape index (κ1) is 7.10. The van der Waals surface area contributed by atoms with Crippen LogP contribution >= 0.6 is 11.6 Å². The van der Waals surface area contributed by atoms with Gasteiger partial charge in [0.2, 0.25) is 0 Å². The van der Waals surface area contributed by atoms with E-state index in [0.29, 0.717) is 0 Å². The molecule has 4 heteroatoms. The quantitative estimate of drug-likeness (QED) is 0.428. The zero-order valence-corrected chi connectivity index (χ0v) is 5.69. The van der Waals surface area contributed by atoms with E-state index in [-0.39, 0.29) is 0 Å². The van der Waals surface area contributed by atoms with E-state index in [4.69, 9.17) is 16.9 Å². The van der Waals surface area contributed by atoms with E-state index in [2.05, 4.69) is 5.32 Å². The van der Waals surface area contributed by atoms with Gasteiger partial charge in [-0.1, -0.05) is 11.6 Å². The zero-order valence-electron chi connectivity index (χ0n) is 4.94. The molecule has 1 unspecified atom stereocenters. The van der Waals surface area contributed by atoms with Crippen LogP contribution in [0.15, 0.2) is 24.2 Å². The summed E-state index contributed by atoms with van der Waals surface area (Å²) in [6, 6.07) is 1.59. The molecule has 0 spiro atoms. The minimum absolute atomic E-state index is 0.681. The van der Waals surface area contributed by atoms with Gasteiger partial charge in [-0.25, -0.2) is 4.39 Å². The van der Waals surface area contributed by atoms with Crippen LogP contribution in [-0.4, -0.2) is 5.00 Å². The van der Waals surface area contributed by atoms with Gasteiger partial charge in [0.15, 0.2) is 5.83 Å². The van der Waals surface area contributed by atoms with E-state index < -0.39 is 10.8 Å². The van der Waals surface area contributed by atoms with Gasteiger partial charge < -0.3 is 5.32 Å². The van der Waals surface area contributed by atoms with Gasteiger partial charge in [0, 0.05) is 0 Å². The summed E-state index contributed by atoms with van der Waals surface area (Å²) in [5.41, 5.74) is 0. The number of rotatable bonds is 0. The molecule has 0 aromatic heterocycles. The van der Waals surface area contributed by atoms with Crippen molar-refractivity contribution in [1.82, 2.24) is 5.32 Å². The van der Waals surface area contributed by atoms with E-state index >= 15 is 0 Å². The van der Waals surface area contributed by atoms with Crippen LogP contribution in [0.3, 0.4) is 0 Å². The summed E-state index contributed by atoms with van der Waals surface area (Å²) in [6.07, 6.45) is 4.00. The lowest BCUT2D eigenvalue weighted by Crippen LogP contribution is -2.36. The Bertz CT molecular complexity index is 241. The minimum Gasteiger partial charge on any atom is -0.356 e. The molecular weight excluding hydrogens is 155 g/mol. The molecule has 52 valence electrons. The predicted octanol–water partition coefficient (Wildman–Crippen LogP) is 1.42. The highest BCUT2D eigenvalue weighted by atomic mass is 35.5. The second kappa shape index (κ2) is 2.31. The predicted molar refractivity (Wildman–Crippen MR) is 35.7 cm³/mol. The third-order valence-electron chi connectivity index (χ3n) is 1.10. The van der Waals surface area contributed by atoms with Crippen molar-refractivity contribution in [2.45, 2.75) is 5.00 Å². The van der Waals surface area contributed by atoms with Crippen LogP contribution in [-0.2, 0) is 0 Å². The monoisotopic (exact) mass is 158 g/mol. The Morgan fingerprint density at radius 3 is 2.90 bits per heavy atom. The average molecular weight is 159 g/mol. The summed E-state index contributed by atoms with van der Waals surface area (Å²) < 4.78 is 12.6. The third kappa shape index (κ3) is 0.981. The molecule has 0 aromatic carbocycles. The van der Waals surface area contributed by atoms with Gasteiger partial charge in [0.1, 0.15) is 6.07 Å². The number of dihydropyridines is 1. The van der Waals surface area contributed by atoms with Crippen LogP contribution in [0, 0.1) is 11.3 Å². The van der Waals surface area contributed by atoms with Crippen molar-refractivity contribution in [2.75, 3.05) is 0 Å². The lowest BCUT2D eigenvalue weighted by molar-refractivity contribution is 0.519. The molecule has 1 rings (SSSR count). The lowest BCUT2D eigenvalue weighted by atomic mass is 10.2. The van der Waals surface area contributed by atoms with Gasteiger partial charge in [-0.2, -0.15) is 5.26 Å². The van der Waals surface area contributed by atoms with Crippen molar-refractivity contribution < 1.29 is 4.39 Å². The summed E-state index contributed by atoms with van der Waals surface area (Å²) in [4.78, 5) is -1.69. The van der Waals surface area contributed by atoms with Crippen molar-refractivity contribution in [2.24, 2.45) is 0 Å². The molecule has 0 aromatic rings. The number of alkyl halides is 1. The van der Waals surface area contributed by atoms with Gasteiger partial charge in [-0.05, 0) is 18.4 Å². The maximum Gasteiger partial charge on any atom is 0.252 e. The normalized spacial score (nSPS) is 30.3. The second-order valence-electron chi connectivity index (χ2n) is 1.79. The van der Waals surface area contributed by atoms with Crippen molar-refractivity contribution in [1.29, 1.82) is 5.26 Å². The highest BCUT2D eigenvalue weighted by Crippen LogP contribution is 2.24. The Morgan fingerprint density at radius 1 is 1.80 bits per heavy atom. The molecular formula is C6H4ClFN2. The van der Waals surface area contributed by atoms with E-state index in [1.54, 1.807) is 6.07 Å². The minimum atomic E-state index is -1.69. The number of nitrogens with zero attached hydrogens (tertiary/aromatic N) is 1. The van der Waals surface area contributed by atoms with Crippen LogP contribution in [0.4, 0.5) is 4.39 Å². The van der Waals surface area contributed by atoms with Gasteiger partial charge in [-0.15, -0.1) is 0 Å². The maximum atomic E-state index is 12.6. The first-order valence-corrected chi connectivity index (χ1v) is 2.97. The largest absolute Gasteiger partial charge is 0.356 e. The topological polar surface area (TPSA) is 35.8 Å². The van der Waals surface area contributed by atoms with Gasteiger partial charge in [-0.3, -0.25) is 0 Å². The highest BCUT2D eigenvalue weighted by molar-refractivity contribution is 6.27. The number of hydrogen-bond acceptors (Lipinski definition) is 2. The standard InChI is InChI=1S/C6H4ClFN2/c7-6(4-9)5(8)2-1-3-10-6/h1-3,10H. The summed E-state index contributed by atoms with van der Waals surface area (Å²) in [7, 11) is 0. The molecule has 0 bridgehead atoms. The molecule has 2 nitrogen and oxygen atoms in total. The highest BCUT2D eigenvalue weighted by Gasteiger charge is 2.32. The van der Waals surface area contributed by atoms with Crippen molar-refractivity contribution >= 4 is 11.6 Å². The fourth-order valence-electron chi connectivity index (χ4n) is 0.565. The van der Waals surface area contributed by atoms with Gasteiger partial charge >= 0.3 is 0 Å². The smallest absolute Gasteiger partial charge is 0.252 e. The third-order valence-corrected chi connectivity index (χ3v) is 1.48. The fourth-order valence-corrected chi connectivity index (χ4v) is 0.691. The van der Waals surface area contributed by atoms with E-state index in [1.807, 2.05) is 0 Å². The first-order chi connectivity index (χ1) is 4.69. The summed E-state index contributed by atoms with van der Waals surface area (Å²) in [5.74, 6) is -0.681. The van der Waals surface area contributed by atoms with Gasteiger partial charge in [0.05, 0.1) is 0 Å².